The number of aromatic nitrogens is 1. The molecule has 0 radical (unpaired) electrons. The van der Waals surface area contributed by atoms with Crippen molar-refractivity contribution < 1.29 is 23.5 Å². The summed E-state index contributed by atoms with van der Waals surface area (Å²) in [6.45, 7) is 7.07. The molecule has 1 fully saturated rings. The third-order valence-electron chi connectivity index (χ3n) is 7.73. The van der Waals surface area contributed by atoms with E-state index in [-0.39, 0.29) is 18.2 Å². The van der Waals surface area contributed by atoms with Gasteiger partial charge in [-0.1, -0.05) is 37.3 Å². The van der Waals surface area contributed by atoms with Crippen LogP contribution in [-0.4, -0.2) is 41.6 Å². The van der Waals surface area contributed by atoms with Gasteiger partial charge >= 0.3 is 6.03 Å². The van der Waals surface area contributed by atoms with Crippen LogP contribution in [0.5, 0.6) is 11.5 Å². The lowest BCUT2D eigenvalue weighted by atomic mass is 9.78. The molecule has 0 aliphatic carbocycles. The number of hydrogen-bond acceptors (Lipinski definition) is 4. The molecule has 8 heteroatoms. The van der Waals surface area contributed by atoms with Crippen LogP contribution in [0.2, 0.25) is 0 Å². The first kappa shape index (κ1) is 25.0. The van der Waals surface area contributed by atoms with Crippen LogP contribution in [0.25, 0.3) is 10.9 Å². The molecule has 2 aliphatic heterocycles. The first-order chi connectivity index (χ1) is 18.9. The maximum absolute atomic E-state index is 14.1. The lowest BCUT2D eigenvalue weighted by Crippen LogP contribution is -2.50. The molecule has 3 heterocycles. The highest BCUT2D eigenvalue weighted by molar-refractivity contribution is 6.23. The van der Waals surface area contributed by atoms with Crippen LogP contribution in [0.15, 0.2) is 66.7 Å². The summed E-state index contributed by atoms with van der Waals surface area (Å²) in [6.07, 6.45) is 0.875. The Hall–Kier alpha value is -4.33. The number of benzene rings is 3. The van der Waals surface area contributed by atoms with Crippen LogP contribution < -0.4 is 14.4 Å². The second-order valence-corrected chi connectivity index (χ2v) is 10.1. The van der Waals surface area contributed by atoms with Crippen LogP contribution >= 0.6 is 0 Å². The van der Waals surface area contributed by atoms with Crippen molar-refractivity contribution in [3.8, 4) is 11.5 Å². The predicted octanol–water partition coefficient (Wildman–Crippen LogP) is 6.32. The molecule has 200 valence electrons. The molecule has 1 aromatic heterocycles. The Labute approximate surface area is 226 Å². The second kappa shape index (κ2) is 9.45. The summed E-state index contributed by atoms with van der Waals surface area (Å²) < 4.78 is 26.0. The average molecular weight is 528 g/mol. The molecule has 6 rings (SSSR count). The van der Waals surface area contributed by atoms with Crippen molar-refractivity contribution in [1.82, 2.24) is 9.88 Å². The highest BCUT2D eigenvalue weighted by Crippen LogP contribution is 2.51. The standard InChI is InChI=1S/C31H30FN3O4/c1-4-15-39-25-14-13-19(16-26(25)38-5-2)23-18-34-30(37)35(21-10-8-9-20(32)17-21)29(36)31(34,3)28-27(23)22-11-6-7-12-24(22)33-28/h6-14,16-17,23,33H,4-5,15,18H2,1-3H3. The zero-order valence-corrected chi connectivity index (χ0v) is 22.2. The van der Waals surface area contributed by atoms with E-state index in [2.05, 4.69) is 4.98 Å². The third-order valence-corrected chi connectivity index (χ3v) is 7.73. The van der Waals surface area contributed by atoms with Crippen molar-refractivity contribution in [2.24, 2.45) is 0 Å². The van der Waals surface area contributed by atoms with Crippen molar-refractivity contribution in [2.45, 2.75) is 38.6 Å². The summed E-state index contributed by atoms with van der Waals surface area (Å²) in [5, 5.41) is 0.993. The number of carbonyl (C=O) groups excluding carboxylic acids is 2. The van der Waals surface area contributed by atoms with Gasteiger partial charge in [0.05, 0.1) is 24.6 Å². The monoisotopic (exact) mass is 527 g/mol. The number of nitrogens with one attached hydrogen (secondary N) is 1. The van der Waals surface area contributed by atoms with E-state index in [1.54, 1.807) is 17.9 Å². The molecule has 39 heavy (non-hydrogen) atoms. The minimum Gasteiger partial charge on any atom is -0.490 e. The number of halogens is 1. The van der Waals surface area contributed by atoms with E-state index in [1.165, 1.54) is 18.2 Å². The van der Waals surface area contributed by atoms with Gasteiger partial charge in [-0.3, -0.25) is 4.79 Å². The molecule has 3 amide bonds. The Morgan fingerprint density at radius 1 is 1.00 bits per heavy atom. The first-order valence-corrected chi connectivity index (χ1v) is 13.3. The van der Waals surface area contributed by atoms with Gasteiger partial charge in [-0.2, -0.15) is 0 Å². The summed E-state index contributed by atoms with van der Waals surface area (Å²) in [5.74, 6) is 0.145. The highest BCUT2D eigenvalue weighted by atomic mass is 19.1. The summed E-state index contributed by atoms with van der Waals surface area (Å²) in [4.78, 5) is 34.1. The second-order valence-electron chi connectivity index (χ2n) is 10.1. The van der Waals surface area contributed by atoms with Crippen molar-refractivity contribution in [3.05, 3.63) is 89.4 Å². The summed E-state index contributed by atoms with van der Waals surface area (Å²) in [7, 11) is 0. The first-order valence-electron chi connectivity index (χ1n) is 13.3. The summed E-state index contributed by atoms with van der Waals surface area (Å²) in [5.41, 5.74) is 2.40. The fourth-order valence-corrected chi connectivity index (χ4v) is 5.87. The van der Waals surface area contributed by atoms with E-state index in [1.807, 2.05) is 56.3 Å². The largest absolute Gasteiger partial charge is 0.490 e. The molecule has 1 saturated heterocycles. The van der Waals surface area contributed by atoms with Crippen LogP contribution in [0.3, 0.4) is 0 Å². The van der Waals surface area contributed by atoms with Crippen molar-refractivity contribution in [1.29, 1.82) is 0 Å². The van der Waals surface area contributed by atoms with Crippen LogP contribution in [0.4, 0.5) is 14.9 Å². The van der Waals surface area contributed by atoms with E-state index in [0.29, 0.717) is 30.4 Å². The molecule has 2 unspecified atom stereocenters. The minimum atomic E-state index is -1.28. The number of imide groups is 1. The Kier molecular flexibility index (Phi) is 6.05. The van der Waals surface area contributed by atoms with Crippen LogP contribution in [0.1, 0.15) is 49.9 Å². The van der Waals surface area contributed by atoms with E-state index < -0.39 is 23.3 Å². The minimum absolute atomic E-state index is 0.214. The molecule has 0 saturated carbocycles. The fraction of sp³-hybridized carbons (Fsp3) is 0.290. The molecule has 7 nitrogen and oxygen atoms in total. The van der Waals surface area contributed by atoms with Crippen LogP contribution in [0, 0.1) is 5.82 Å². The van der Waals surface area contributed by atoms with Gasteiger partial charge in [-0.05, 0) is 67.8 Å². The third kappa shape index (κ3) is 3.77. The molecule has 3 aromatic carbocycles. The number of ether oxygens (including phenoxy) is 2. The van der Waals surface area contributed by atoms with Gasteiger partial charge in [0.15, 0.2) is 17.0 Å². The van der Waals surface area contributed by atoms with Gasteiger partial charge in [-0.15, -0.1) is 0 Å². The molecule has 2 aliphatic rings. The van der Waals surface area contributed by atoms with Crippen molar-refractivity contribution in [2.75, 3.05) is 24.7 Å². The highest BCUT2D eigenvalue weighted by Gasteiger charge is 2.60. The lowest BCUT2D eigenvalue weighted by Gasteiger charge is -2.40. The SMILES string of the molecule is CCCOc1ccc(C2CN3C(=O)N(c4cccc(F)c4)C(=O)C3(C)c3[nH]c4ccccc4c32)cc1OCC. The number of hydrogen-bond donors (Lipinski definition) is 1. The van der Waals surface area contributed by atoms with Gasteiger partial charge in [0.1, 0.15) is 5.82 Å². The quantitative estimate of drug-likeness (QED) is 0.285. The van der Waals surface area contributed by atoms with Gasteiger partial charge in [0.2, 0.25) is 0 Å². The number of aromatic amines is 1. The molecular formula is C31H30FN3O4. The average Bonchev–Trinajstić information content (AvgIpc) is 3.42. The Balaban J connectivity index is 1.52. The Bertz CT molecular complexity index is 1600. The van der Waals surface area contributed by atoms with E-state index >= 15 is 0 Å². The topological polar surface area (TPSA) is 74.9 Å². The summed E-state index contributed by atoms with van der Waals surface area (Å²) >= 11 is 0. The number of H-pyrrole nitrogens is 1. The number of rotatable bonds is 7. The van der Waals surface area contributed by atoms with Crippen molar-refractivity contribution >= 4 is 28.5 Å². The molecule has 0 bridgehead atoms. The lowest BCUT2D eigenvalue weighted by molar-refractivity contribution is -0.125. The van der Waals surface area contributed by atoms with Gasteiger partial charge in [0, 0.05) is 23.4 Å². The van der Waals surface area contributed by atoms with Gasteiger partial charge in [-0.25, -0.2) is 14.1 Å². The maximum Gasteiger partial charge on any atom is 0.332 e. The smallest absolute Gasteiger partial charge is 0.332 e. The number of fused-ring (bicyclic) bond motifs is 5. The fourth-order valence-electron chi connectivity index (χ4n) is 5.87. The molecular weight excluding hydrogens is 497 g/mol. The molecule has 4 aromatic rings. The van der Waals surface area contributed by atoms with E-state index in [4.69, 9.17) is 9.47 Å². The zero-order valence-electron chi connectivity index (χ0n) is 22.2. The number of urea groups is 1. The van der Waals surface area contributed by atoms with Crippen LogP contribution in [-0.2, 0) is 10.3 Å². The number of para-hydroxylation sites is 1. The molecule has 2 atom stereocenters. The van der Waals surface area contributed by atoms with Gasteiger partial charge in [0.25, 0.3) is 5.91 Å². The number of amides is 3. The number of carbonyl (C=O) groups is 2. The number of nitrogens with zero attached hydrogens (tertiary/aromatic N) is 2. The Morgan fingerprint density at radius 2 is 1.82 bits per heavy atom. The maximum atomic E-state index is 14.1. The van der Waals surface area contributed by atoms with E-state index in [9.17, 15) is 14.0 Å². The van der Waals surface area contributed by atoms with Crippen molar-refractivity contribution in [3.63, 3.8) is 0 Å². The zero-order chi connectivity index (χ0) is 27.3. The predicted molar refractivity (Wildman–Crippen MR) is 147 cm³/mol. The van der Waals surface area contributed by atoms with Gasteiger partial charge < -0.3 is 19.4 Å². The molecule has 1 N–H and O–H groups in total. The Morgan fingerprint density at radius 3 is 2.59 bits per heavy atom. The normalized spacial score (nSPS) is 20.4. The van der Waals surface area contributed by atoms with E-state index in [0.717, 1.165) is 33.4 Å². The number of anilines is 1. The summed E-state index contributed by atoms with van der Waals surface area (Å²) in [6, 6.07) is 18.9. The molecule has 0 spiro atoms.